The zero-order chi connectivity index (χ0) is 21.8. The van der Waals surface area contributed by atoms with Gasteiger partial charge in [0.25, 0.3) is 0 Å². The van der Waals surface area contributed by atoms with Crippen LogP contribution >= 0.6 is 0 Å². The fourth-order valence-electron chi connectivity index (χ4n) is 3.35. The number of hydrogen-bond donors (Lipinski definition) is 0. The molecule has 1 amide bonds. The molecule has 0 aliphatic carbocycles. The highest BCUT2D eigenvalue weighted by atomic mass is 32.2. The molecule has 0 N–H and O–H groups in total. The zero-order valence-electron chi connectivity index (χ0n) is 17.7. The number of carbonyl (C=O) groups is 1. The van der Waals surface area contributed by atoms with E-state index in [0.29, 0.717) is 37.4 Å². The van der Waals surface area contributed by atoms with Crippen LogP contribution in [0.2, 0.25) is 0 Å². The first kappa shape index (κ1) is 22.2. The highest BCUT2D eigenvalue weighted by Gasteiger charge is 2.29. The molecule has 0 radical (unpaired) electrons. The van der Waals surface area contributed by atoms with Gasteiger partial charge in [-0.3, -0.25) is 0 Å². The molecule has 0 unspecified atom stereocenters. The number of likely N-dealkylation sites (tertiary alicyclic amines) is 1. The Balaban J connectivity index is 1.55. The van der Waals surface area contributed by atoms with Gasteiger partial charge in [-0.15, -0.1) is 0 Å². The fraction of sp³-hybridized carbons (Fsp3) is 0.435. The van der Waals surface area contributed by atoms with E-state index in [-0.39, 0.29) is 22.7 Å². The molecule has 0 aromatic heterocycles. The third kappa shape index (κ3) is 6.23. The van der Waals surface area contributed by atoms with Crippen molar-refractivity contribution < 1.29 is 22.7 Å². The van der Waals surface area contributed by atoms with Crippen molar-refractivity contribution in [2.45, 2.75) is 44.1 Å². The van der Waals surface area contributed by atoms with E-state index in [4.69, 9.17) is 9.47 Å². The van der Waals surface area contributed by atoms with Crippen LogP contribution in [0.1, 0.15) is 33.6 Å². The maximum atomic E-state index is 12.8. The number of rotatable bonds is 5. The fourth-order valence-corrected chi connectivity index (χ4v) is 5.05. The van der Waals surface area contributed by atoms with Crippen LogP contribution in [0.4, 0.5) is 4.79 Å². The van der Waals surface area contributed by atoms with Crippen molar-refractivity contribution in [1.82, 2.24) is 4.90 Å². The van der Waals surface area contributed by atoms with Gasteiger partial charge in [0.15, 0.2) is 9.84 Å². The van der Waals surface area contributed by atoms with Crippen LogP contribution in [0.25, 0.3) is 0 Å². The van der Waals surface area contributed by atoms with E-state index in [0.717, 1.165) is 0 Å². The number of benzene rings is 2. The summed E-state index contributed by atoms with van der Waals surface area (Å²) in [6.07, 6.45) is 0.958. The first-order chi connectivity index (χ1) is 14.1. The second-order valence-electron chi connectivity index (χ2n) is 8.58. The molecule has 0 bridgehead atoms. The van der Waals surface area contributed by atoms with Crippen LogP contribution in [-0.2, 0) is 14.6 Å². The summed E-state index contributed by atoms with van der Waals surface area (Å²) < 4.78 is 36.8. The van der Waals surface area contributed by atoms with E-state index >= 15 is 0 Å². The predicted octanol–water partition coefficient (Wildman–Crippen LogP) is 4.90. The van der Waals surface area contributed by atoms with Gasteiger partial charge in [-0.05, 0) is 75.9 Å². The van der Waals surface area contributed by atoms with Gasteiger partial charge in [-0.25, -0.2) is 13.2 Å². The van der Waals surface area contributed by atoms with Crippen LogP contribution in [-0.4, -0.2) is 43.9 Å². The number of sulfone groups is 1. The van der Waals surface area contributed by atoms with E-state index in [9.17, 15) is 13.2 Å². The third-order valence-electron chi connectivity index (χ3n) is 4.88. The molecule has 7 heteroatoms. The number of hydrogen-bond acceptors (Lipinski definition) is 5. The Morgan fingerprint density at radius 1 is 0.967 bits per heavy atom. The molecule has 1 aliphatic rings. The monoisotopic (exact) mass is 431 g/mol. The lowest BCUT2D eigenvalue weighted by atomic mass is 9.99. The van der Waals surface area contributed by atoms with Gasteiger partial charge in [0.1, 0.15) is 17.1 Å². The summed E-state index contributed by atoms with van der Waals surface area (Å²) in [6.45, 7) is 6.53. The van der Waals surface area contributed by atoms with Crippen LogP contribution < -0.4 is 4.74 Å². The van der Waals surface area contributed by atoms with Crippen molar-refractivity contribution in [3.8, 4) is 11.5 Å². The largest absolute Gasteiger partial charge is 0.457 e. The summed E-state index contributed by atoms with van der Waals surface area (Å²) in [5, 5.41) is 0. The normalized spacial score (nSPS) is 15.6. The Hall–Kier alpha value is -2.54. The molecule has 2 aromatic carbocycles. The van der Waals surface area contributed by atoms with Crippen molar-refractivity contribution in [3.05, 3.63) is 54.6 Å². The Labute approximate surface area is 178 Å². The Morgan fingerprint density at radius 3 is 2.10 bits per heavy atom. The standard InChI is InChI=1S/C23H29NO5S/c1-23(2,3)29-22(25)24-15-13-18(14-16-24)17-30(26,27)21-11-9-20(10-12-21)28-19-7-5-4-6-8-19/h4-12,18H,13-17H2,1-3H3. The van der Waals surface area contributed by atoms with Crippen molar-refractivity contribution in [2.75, 3.05) is 18.8 Å². The van der Waals surface area contributed by atoms with Crippen LogP contribution in [0.3, 0.4) is 0 Å². The maximum absolute atomic E-state index is 12.8. The van der Waals surface area contributed by atoms with Gasteiger partial charge in [-0.1, -0.05) is 18.2 Å². The van der Waals surface area contributed by atoms with E-state index in [2.05, 4.69) is 0 Å². The predicted molar refractivity (Wildman–Crippen MR) is 116 cm³/mol. The number of nitrogens with zero attached hydrogens (tertiary/aromatic N) is 1. The number of carbonyl (C=O) groups excluding carboxylic acids is 1. The Bertz CT molecular complexity index is 941. The van der Waals surface area contributed by atoms with Gasteiger partial charge in [0.05, 0.1) is 10.6 Å². The molecule has 162 valence electrons. The molecule has 0 saturated carbocycles. The number of amides is 1. The molecule has 30 heavy (non-hydrogen) atoms. The smallest absolute Gasteiger partial charge is 0.410 e. The quantitative estimate of drug-likeness (QED) is 0.673. The van der Waals surface area contributed by atoms with Crippen LogP contribution in [0.15, 0.2) is 59.5 Å². The minimum Gasteiger partial charge on any atom is -0.457 e. The highest BCUT2D eigenvalue weighted by Crippen LogP contribution is 2.26. The first-order valence-corrected chi connectivity index (χ1v) is 11.8. The van der Waals surface area contributed by atoms with Gasteiger partial charge in [-0.2, -0.15) is 0 Å². The maximum Gasteiger partial charge on any atom is 0.410 e. The van der Waals surface area contributed by atoms with Gasteiger partial charge in [0.2, 0.25) is 0 Å². The Kier molecular flexibility index (Phi) is 6.71. The van der Waals surface area contributed by atoms with E-state index in [1.165, 1.54) is 0 Å². The third-order valence-corrected chi connectivity index (χ3v) is 6.78. The van der Waals surface area contributed by atoms with Crippen molar-refractivity contribution in [1.29, 1.82) is 0 Å². The lowest BCUT2D eigenvalue weighted by Gasteiger charge is -2.33. The van der Waals surface area contributed by atoms with Gasteiger partial charge >= 0.3 is 6.09 Å². The van der Waals surface area contributed by atoms with Crippen molar-refractivity contribution in [2.24, 2.45) is 5.92 Å². The molecule has 1 aliphatic heterocycles. The molecular formula is C23H29NO5S. The molecular weight excluding hydrogens is 402 g/mol. The van der Waals surface area contributed by atoms with Crippen LogP contribution in [0, 0.1) is 5.92 Å². The van der Waals surface area contributed by atoms with Crippen LogP contribution in [0.5, 0.6) is 11.5 Å². The second-order valence-corrected chi connectivity index (χ2v) is 10.6. The summed E-state index contributed by atoms with van der Waals surface area (Å²) in [7, 11) is -3.41. The topological polar surface area (TPSA) is 72.9 Å². The molecule has 1 fully saturated rings. The summed E-state index contributed by atoms with van der Waals surface area (Å²) in [5.74, 6) is 1.39. The minimum atomic E-state index is -3.41. The summed E-state index contributed by atoms with van der Waals surface area (Å²) in [4.78, 5) is 14.1. The molecule has 1 heterocycles. The van der Waals surface area contributed by atoms with Gasteiger partial charge in [0, 0.05) is 13.1 Å². The second kappa shape index (κ2) is 9.08. The number of ether oxygens (including phenoxy) is 2. The molecule has 0 atom stereocenters. The molecule has 3 rings (SSSR count). The van der Waals surface area contributed by atoms with Crippen molar-refractivity contribution >= 4 is 15.9 Å². The summed E-state index contributed by atoms with van der Waals surface area (Å²) >= 11 is 0. The zero-order valence-corrected chi connectivity index (χ0v) is 18.5. The highest BCUT2D eigenvalue weighted by molar-refractivity contribution is 7.91. The van der Waals surface area contributed by atoms with E-state index in [1.807, 2.05) is 51.1 Å². The number of piperidine rings is 1. The lowest BCUT2D eigenvalue weighted by Crippen LogP contribution is -2.42. The number of para-hydroxylation sites is 1. The molecule has 6 nitrogen and oxygen atoms in total. The van der Waals surface area contributed by atoms with Gasteiger partial charge < -0.3 is 14.4 Å². The average molecular weight is 432 g/mol. The van der Waals surface area contributed by atoms with E-state index in [1.54, 1.807) is 29.2 Å². The minimum absolute atomic E-state index is 0.0222. The molecule has 0 spiro atoms. The molecule has 2 aromatic rings. The van der Waals surface area contributed by atoms with Crippen molar-refractivity contribution in [3.63, 3.8) is 0 Å². The summed E-state index contributed by atoms with van der Waals surface area (Å²) in [6, 6.07) is 15.9. The van der Waals surface area contributed by atoms with E-state index < -0.39 is 15.4 Å². The SMILES string of the molecule is CC(C)(C)OC(=O)N1CCC(CS(=O)(=O)c2ccc(Oc3ccccc3)cc2)CC1. The molecule has 1 saturated heterocycles. The Morgan fingerprint density at radius 2 is 1.53 bits per heavy atom. The average Bonchev–Trinajstić information content (AvgIpc) is 2.68. The summed E-state index contributed by atoms with van der Waals surface area (Å²) in [5.41, 5.74) is -0.534. The lowest BCUT2D eigenvalue weighted by molar-refractivity contribution is 0.0191. The first-order valence-electron chi connectivity index (χ1n) is 10.2.